The number of nitrogens with zero attached hydrogens (tertiary/aromatic N) is 1. The van der Waals surface area contributed by atoms with Crippen LogP contribution >= 0.6 is 11.8 Å². The number of carboxylic acid groups (broad SMARTS) is 1. The van der Waals surface area contributed by atoms with Crippen molar-refractivity contribution < 1.29 is 19.6 Å². The fourth-order valence-corrected chi connectivity index (χ4v) is 2.89. The first-order valence-electron chi connectivity index (χ1n) is 6.29. The zero-order chi connectivity index (χ0) is 16.1. The Morgan fingerprint density at radius 2 is 2.05 bits per heavy atom. The van der Waals surface area contributed by atoms with Crippen LogP contribution in [0.3, 0.4) is 0 Å². The van der Waals surface area contributed by atoms with Gasteiger partial charge in [-0.15, -0.1) is 11.8 Å². The van der Waals surface area contributed by atoms with Crippen LogP contribution in [0.25, 0.3) is 0 Å². The molecule has 22 heavy (non-hydrogen) atoms. The minimum absolute atomic E-state index is 0.261. The number of hydrogen-bond acceptors (Lipinski definition) is 5. The number of benzene rings is 2. The molecule has 114 valence electrons. The molecule has 0 fully saturated rings. The minimum atomic E-state index is -1.30. The number of thioether (sulfide) groups is 1. The van der Waals surface area contributed by atoms with Gasteiger partial charge in [0.25, 0.3) is 5.69 Å². The SMILES string of the molecule is COc1cccc(SCc2cccc([N+](=O)[O-])c2C(=O)O)c1. The third kappa shape index (κ3) is 3.56. The van der Waals surface area contributed by atoms with E-state index in [-0.39, 0.29) is 5.56 Å². The maximum Gasteiger partial charge on any atom is 0.343 e. The molecule has 2 aromatic rings. The standard InChI is InChI=1S/C15H13NO5S/c1-21-11-5-3-6-12(8-11)22-9-10-4-2-7-13(16(19)20)14(10)15(17)18/h2-8H,9H2,1H3,(H,17,18). The van der Waals surface area contributed by atoms with Gasteiger partial charge in [0.15, 0.2) is 0 Å². The van der Waals surface area contributed by atoms with Crippen molar-refractivity contribution in [2.24, 2.45) is 0 Å². The number of carboxylic acids is 1. The van der Waals surface area contributed by atoms with E-state index in [4.69, 9.17) is 4.74 Å². The van der Waals surface area contributed by atoms with Gasteiger partial charge in [-0.2, -0.15) is 0 Å². The molecule has 0 aromatic heterocycles. The van der Waals surface area contributed by atoms with E-state index in [1.807, 2.05) is 18.2 Å². The molecule has 0 amide bonds. The lowest BCUT2D eigenvalue weighted by Crippen LogP contribution is -2.06. The molecule has 0 atom stereocenters. The van der Waals surface area contributed by atoms with E-state index in [0.29, 0.717) is 17.1 Å². The molecule has 0 aliphatic rings. The summed E-state index contributed by atoms with van der Waals surface area (Å²) in [5, 5.41) is 20.2. The largest absolute Gasteiger partial charge is 0.497 e. The Bertz CT molecular complexity index is 717. The summed E-state index contributed by atoms with van der Waals surface area (Å²) in [7, 11) is 1.56. The maximum absolute atomic E-state index is 11.3. The monoisotopic (exact) mass is 319 g/mol. The van der Waals surface area contributed by atoms with Gasteiger partial charge in [0.05, 0.1) is 12.0 Å². The van der Waals surface area contributed by atoms with Gasteiger partial charge in [-0.1, -0.05) is 18.2 Å². The van der Waals surface area contributed by atoms with Crippen molar-refractivity contribution in [1.82, 2.24) is 0 Å². The minimum Gasteiger partial charge on any atom is -0.497 e. The molecular formula is C15H13NO5S. The molecule has 0 saturated heterocycles. The number of nitro benzene ring substituents is 1. The second kappa shape index (κ2) is 6.95. The highest BCUT2D eigenvalue weighted by atomic mass is 32.2. The van der Waals surface area contributed by atoms with Crippen LogP contribution in [0.4, 0.5) is 5.69 Å². The molecule has 6 nitrogen and oxygen atoms in total. The highest BCUT2D eigenvalue weighted by molar-refractivity contribution is 7.98. The molecule has 0 bridgehead atoms. The number of rotatable bonds is 6. The van der Waals surface area contributed by atoms with Crippen LogP contribution in [0.5, 0.6) is 5.75 Å². The van der Waals surface area contributed by atoms with E-state index in [9.17, 15) is 20.0 Å². The second-order valence-corrected chi connectivity index (χ2v) is 5.39. The molecule has 2 aromatic carbocycles. The number of hydrogen-bond donors (Lipinski definition) is 1. The molecule has 7 heteroatoms. The van der Waals surface area contributed by atoms with Crippen LogP contribution in [0.15, 0.2) is 47.4 Å². The van der Waals surface area contributed by atoms with Crippen molar-refractivity contribution >= 4 is 23.4 Å². The molecule has 0 aliphatic carbocycles. The van der Waals surface area contributed by atoms with Crippen LogP contribution < -0.4 is 4.74 Å². The quantitative estimate of drug-likeness (QED) is 0.497. The highest BCUT2D eigenvalue weighted by Gasteiger charge is 2.23. The van der Waals surface area contributed by atoms with Gasteiger partial charge in [0.1, 0.15) is 11.3 Å². The zero-order valence-electron chi connectivity index (χ0n) is 11.7. The molecule has 1 N–H and O–H groups in total. The number of aromatic carboxylic acids is 1. The van der Waals surface area contributed by atoms with Gasteiger partial charge < -0.3 is 9.84 Å². The average Bonchev–Trinajstić information content (AvgIpc) is 2.52. The molecule has 0 spiro atoms. The molecular weight excluding hydrogens is 306 g/mol. The van der Waals surface area contributed by atoms with Crippen molar-refractivity contribution in [3.05, 3.63) is 63.7 Å². The summed E-state index contributed by atoms with van der Waals surface area (Å²) in [6.45, 7) is 0. The summed E-state index contributed by atoms with van der Waals surface area (Å²) in [5.74, 6) is -0.285. The molecule has 2 rings (SSSR count). The van der Waals surface area contributed by atoms with E-state index in [1.54, 1.807) is 19.2 Å². The first-order chi connectivity index (χ1) is 10.5. The predicted octanol–water partition coefficient (Wildman–Crippen LogP) is 3.59. The van der Waals surface area contributed by atoms with Crippen molar-refractivity contribution in [3.8, 4) is 5.75 Å². The summed E-state index contributed by atoms with van der Waals surface area (Å²) in [6, 6.07) is 11.6. The van der Waals surface area contributed by atoms with Gasteiger partial charge in [0, 0.05) is 16.7 Å². The number of methoxy groups -OCH3 is 1. The van der Waals surface area contributed by atoms with Gasteiger partial charge >= 0.3 is 5.97 Å². The van der Waals surface area contributed by atoms with Crippen molar-refractivity contribution in [2.75, 3.05) is 7.11 Å². The number of carbonyl (C=O) groups is 1. The summed E-state index contributed by atoms with van der Waals surface area (Å²) in [6.07, 6.45) is 0. The van der Waals surface area contributed by atoms with Crippen LogP contribution in [0, 0.1) is 10.1 Å². The van der Waals surface area contributed by atoms with Crippen LogP contribution in [-0.2, 0) is 5.75 Å². The lowest BCUT2D eigenvalue weighted by molar-refractivity contribution is -0.385. The Morgan fingerprint density at radius 1 is 1.32 bits per heavy atom. The molecule has 0 saturated carbocycles. The summed E-state index contributed by atoms with van der Waals surface area (Å²) < 4.78 is 5.12. The smallest absolute Gasteiger partial charge is 0.343 e. The summed E-state index contributed by atoms with van der Waals surface area (Å²) in [4.78, 5) is 22.5. The average molecular weight is 319 g/mol. The third-order valence-corrected chi connectivity index (χ3v) is 4.02. The zero-order valence-corrected chi connectivity index (χ0v) is 12.5. The third-order valence-electron chi connectivity index (χ3n) is 2.97. The lowest BCUT2D eigenvalue weighted by atomic mass is 10.1. The fraction of sp³-hybridized carbons (Fsp3) is 0.133. The highest BCUT2D eigenvalue weighted by Crippen LogP contribution is 2.30. The molecule has 0 radical (unpaired) electrons. The predicted molar refractivity (Wildman–Crippen MR) is 82.6 cm³/mol. The van der Waals surface area contributed by atoms with E-state index in [0.717, 1.165) is 4.90 Å². The Balaban J connectivity index is 2.27. The van der Waals surface area contributed by atoms with Crippen molar-refractivity contribution in [1.29, 1.82) is 0 Å². The topological polar surface area (TPSA) is 89.7 Å². The Labute approximate surface area is 130 Å². The van der Waals surface area contributed by atoms with Crippen molar-refractivity contribution in [2.45, 2.75) is 10.6 Å². The van der Waals surface area contributed by atoms with Gasteiger partial charge in [-0.25, -0.2) is 4.79 Å². The van der Waals surface area contributed by atoms with Crippen LogP contribution in [0.2, 0.25) is 0 Å². The molecule has 0 heterocycles. The van der Waals surface area contributed by atoms with E-state index < -0.39 is 16.6 Å². The normalized spacial score (nSPS) is 10.2. The first kappa shape index (κ1) is 15.8. The number of nitro groups is 1. The van der Waals surface area contributed by atoms with Gasteiger partial charge in [-0.05, 0) is 23.8 Å². The second-order valence-electron chi connectivity index (χ2n) is 4.34. The molecule has 0 unspecified atom stereocenters. The van der Waals surface area contributed by atoms with Crippen molar-refractivity contribution in [3.63, 3.8) is 0 Å². The van der Waals surface area contributed by atoms with Gasteiger partial charge in [0.2, 0.25) is 0 Å². The summed E-state index contributed by atoms with van der Waals surface area (Å²) >= 11 is 1.39. The maximum atomic E-state index is 11.3. The molecule has 0 aliphatic heterocycles. The van der Waals surface area contributed by atoms with Crippen LogP contribution in [-0.4, -0.2) is 23.1 Å². The Kier molecular flexibility index (Phi) is 5.00. The fourth-order valence-electron chi connectivity index (χ4n) is 1.96. The first-order valence-corrected chi connectivity index (χ1v) is 7.28. The van der Waals surface area contributed by atoms with E-state index in [1.165, 1.54) is 23.9 Å². The lowest BCUT2D eigenvalue weighted by Gasteiger charge is -2.07. The van der Waals surface area contributed by atoms with E-state index in [2.05, 4.69) is 0 Å². The number of ether oxygens (including phenoxy) is 1. The van der Waals surface area contributed by atoms with E-state index >= 15 is 0 Å². The Hall–Kier alpha value is -2.54. The van der Waals surface area contributed by atoms with Crippen LogP contribution in [0.1, 0.15) is 15.9 Å². The summed E-state index contributed by atoms with van der Waals surface area (Å²) in [5.41, 5.74) is -0.242. The van der Waals surface area contributed by atoms with Gasteiger partial charge in [-0.3, -0.25) is 10.1 Å². The Morgan fingerprint density at radius 3 is 2.68 bits per heavy atom.